The van der Waals surface area contributed by atoms with Gasteiger partial charge in [0.25, 0.3) is 0 Å². The predicted molar refractivity (Wildman–Crippen MR) is 326 cm³/mol. The molecule has 0 radical (unpaired) electrons. The average molecular weight is 995 g/mol. The molecule has 4 nitrogen and oxygen atoms in total. The van der Waals surface area contributed by atoms with Crippen molar-refractivity contribution in [3.8, 4) is 0 Å². The minimum Gasteiger partial charge on any atom is -0.310 e. The number of rotatable bonds is 9. The molecule has 11 rings (SSSR count). The number of fused-ring (bicyclic) bond motifs is 4. The van der Waals surface area contributed by atoms with Crippen LogP contribution >= 0.6 is 0 Å². The van der Waals surface area contributed by atoms with Gasteiger partial charge in [-0.3, -0.25) is 0 Å². The summed E-state index contributed by atoms with van der Waals surface area (Å²) >= 11 is 0. The number of anilines is 12. The second-order valence-corrected chi connectivity index (χ2v) is 23.5. The van der Waals surface area contributed by atoms with Crippen LogP contribution in [0.3, 0.4) is 0 Å². The van der Waals surface area contributed by atoms with Gasteiger partial charge in [0.15, 0.2) is 0 Å². The highest BCUT2D eigenvalue weighted by molar-refractivity contribution is 5.97. The van der Waals surface area contributed by atoms with Gasteiger partial charge in [-0.25, -0.2) is 0 Å². The van der Waals surface area contributed by atoms with E-state index in [1.54, 1.807) is 0 Å². The van der Waals surface area contributed by atoms with E-state index >= 15 is 0 Å². The number of nitrogens with zero attached hydrogens (tertiary/aromatic N) is 4. The second-order valence-electron chi connectivity index (χ2n) is 23.5. The van der Waals surface area contributed by atoms with Crippen LogP contribution in [0.2, 0.25) is 0 Å². The number of aryl methyl sites for hydroxylation is 12. The third kappa shape index (κ3) is 8.29. The smallest absolute Gasteiger partial charge is 0.0545 e. The monoisotopic (exact) mass is 995 g/mol. The van der Waals surface area contributed by atoms with Crippen molar-refractivity contribution >= 4 is 68.2 Å². The van der Waals surface area contributed by atoms with Crippen molar-refractivity contribution in [2.45, 2.75) is 122 Å². The first-order chi connectivity index (χ1) is 36.1. The lowest BCUT2D eigenvalue weighted by Crippen LogP contribution is -2.38. The molecular weight excluding hydrogens is 921 g/mol. The molecule has 9 aromatic carbocycles. The van der Waals surface area contributed by atoms with E-state index in [0.717, 1.165) is 51.2 Å². The normalized spacial score (nSPS) is 13.7. The van der Waals surface area contributed by atoms with Crippen LogP contribution in [-0.4, -0.2) is 0 Å². The van der Waals surface area contributed by atoms with Crippen molar-refractivity contribution in [2.75, 3.05) is 19.6 Å². The van der Waals surface area contributed by atoms with Crippen molar-refractivity contribution in [3.63, 3.8) is 0 Å². The Morgan fingerprint density at radius 2 is 0.447 bits per heavy atom. The fourth-order valence-electron chi connectivity index (χ4n) is 11.9. The van der Waals surface area contributed by atoms with E-state index in [1.165, 1.54) is 106 Å². The zero-order chi connectivity index (χ0) is 53.9. The Bertz CT molecular complexity index is 3480. The Hall–Kier alpha value is -7.82. The average Bonchev–Trinajstić information content (AvgIpc) is 3.39. The standard InChI is InChI=1S/C72H74N4/c1-43-17-23-55(33-49(43)7)73(56-24-18-44(2)50(8)34-56)61-29-31-68-64(39-61)71(13,14)66-41-63(75(59-27-21-47(5)53(11)37-59)60-28-22-48(6)54(12)38-60)42-67-70(66)76(68)69-32-30-62(40-65(69)72(67,15)16)74(57-25-19-45(3)51(9)35-57)58-26-20-46(4)52(10)36-58/h17-42H,1-16H3. The topological polar surface area (TPSA) is 13.0 Å². The molecule has 0 saturated carbocycles. The Morgan fingerprint density at radius 3 is 0.697 bits per heavy atom. The van der Waals surface area contributed by atoms with Gasteiger partial charge in [-0.15, -0.1) is 0 Å². The van der Waals surface area contributed by atoms with Gasteiger partial charge in [-0.2, -0.15) is 0 Å². The maximum atomic E-state index is 2.62. The first kappa shape index (κ1) is 50.3. The maximum absolute atomic E-state index is 2.62. The fourth-order valence-corrected chi connectivity index (χ4v) is 11.9. The van der Waals surface area contributed by atoms with Gasteiger partial charge in [0, 0.05) is 62.0 Å². The predicted octanol–water partition coefficient (Wildman–Crippen LogP) is 20.5. The van der Waals surface area contributed by atoms with E-state index in [2.05, 4.69) is 288 Å². The Morgan fingerprint density at radius 1 is 0.237 bits per heavy atom. The van der Waals surface area contributed by atoms with Crippen LogP contribution in [0.1, 0.15) is 117 Å². The van der Waals surface area contributed by atoms with Gasteiger partial charge < -0.3 is 19.6 Å². The quantitative estimate of drug-likeness (QED) is 0.143. The molecule has 2 aliphatic heterocycles. The van der Waals surface area contributed by atoms with Crippen LogP contribution in [0.25, 0.3) is 0 Å². The minimum absolute atomic E-state index is 0.422. The summed E-state index contributed by atoms with van der Waals surface area (Å²) < 4.78 is 0. The molecule has 0 aromatic heterocycles. The Kier molecular flexibility index (Phi) is 12.2. The van der Waals surface area contributed by atoms with Crippen LogP contribution in [0.4, 0.5) is 68.2 Å². The molecule has 76 heavy (non-hydrogen) atoms. The number of benzene rings is 9. The molecular formula is C72H74N4. The van der Waals surface area contributed by atoms with E-state index in [1.807, 2.05) is 0 Å². The summed E-state index contributed by atoms with van der Waals surface area (Å²) in [5.74, 6) is 0. The van der Waals surface area contributed by atoms with Crippen molar-refractivity contribution < 1.29 is 0 Å². The molecule has 0 atom stereocenters. The molecule has 0 spiro atoms. The van der Waals surface area contributed by atoms with Crippen molar-refractivity contribution in [1.82, 2.24) is 0 Å². The Balaban J connectivity index is 1.20. The van der Waals surface area contributed by atoms with Gasteiger partial charge in [-0.05, 0) is 293 Å². The molecule has 9 aromatic rings. The summed E-state index contributed by atoms with van der Waals surface area (Å²) in [5, 5.41) is 0. The summed E-state index contributed by atoms with van der Waals surface area (Å²) in [6.07, 6.45) is 0. The van der Waals surface area contributed by atoms with Crippen molar-refractivity contribution in [1.29, 1.82) is 0 Å². The fraction of sp³-hybridized carbons (Fsp3) is 0.250. The summed E-state index contributed by atoms with van der Waals surface area (Å²) in [5.41, 5.74) is 33.7. The van der Waals surface area contributed by atoms with E-state index in [0.29, 0.717) is 0 Å². The van der Waals surface area contributed by atoms with Crippen LogP contribution in [0.15, 0.2) is 158 Å². The summed E-state index contributed by atoms with van der Waals surface area (Å²) in [6.45, 7) is 36.4. The summed E-state index contributed by atoms with van der Waals surface area (Å²) in [6, 6.07) is 61.0. The molecule has 0 fully saturated rings. The van der Waals surface area contributed by atoms with Crippen LogP contribution in [0, 0.1) is 83.1 Å². The molecule has 2 aliphatic rings. The maximum Gasteiger partial charge on any atom is 0.0545 e. The van der Waals surface area contributed by atoms with Crippen LogP contribution in [0.5, 0.6) is 0 Å². The van der Waals surface area contributed by atoms with Crippen LogP contribution < -0.4 is 19.6 Å². The lowest BCUT2D eigenvalue weighted by atomic mass is 9.66. The number of hydrogen-bond acceptors (Lipinski definition) is 4. The van der Waals surface area contributed by atoms with E-state index in [-0.39, 0.29) is 0 Å². The highest BCUT2D eigenvalue weighted by Gasteiger charge is 2.47. The highest BCUT2D eigenvalue weighted by atomic mass is 15.2. The molecule has 0 saturated heterocycles. The van der Waals surface area contributed by atoms with Gasteiger partial charge in [0.2, 0.25) is 0 Å². The first-order valence-corrected chi connectivity index (χ1v) is 27.2. The minimum atomic E-state index is -0.422. The molecule has 4 heteroatoms. The first-order valence-electron chi connectivity index (χ1n) is 27.2. The number of hydrogen-bond donors (Lipinski definition) is 0. The van der Waals surface area contributed by atoms with Crippen LogP contribution in [-0.2, 0) is 10.8 Å². The molecule has 0 unspecified atom stereocenters. The summed E-state index contributed by atoms with van der Waals surface area (Å²) in [7, 11) is 0. The van der Waals surface area contributed by atoms with E-state index < -0.39 is 10.8 Å². The largest absolute Gasteiger partial charge is 0.310 e. The van der Waals surface area contributed by atoms with E-state index in [4.69, 9.17) is 0 Å². The zero-order valence-electron chi connectivity index (χ0n) is 47.8. The van der Waals surface area contributed by atoms with Gasteiger partial charge >= 0.3 is 0 Å². The molecule has 382 valence electrons. The Labute approximate surface area is 453 Å². The molecule has 2 heterocycles. The van der Waals surface area contributed by atoms with Gasteiger partial charge in [0.1, 0.15) is 0 Å². The molecule has 0 aliphatic carbocycles. The lowest BCUT2D eigenvalue weighted by molar-refractivity contribution is 0.597. The van der Waals surface area contributed by atoms with Crippen molar-refractivity contribution in [2.24, 2.45) is 0 Å². The highest BCUT2D eigenvalue weighted by Crippen LogP contribution is 2.62. The van der Waals surface area contributed by atoms with Gasteiger partial charge in [0.05, 0.1) is 17.1 Å². The third-order valence-electron chi connectivity index (χ3n) is 17.7. The lowest BCUT2D eigenvalue weighted by Gasteiger charge is -2.50. The molecule has 0 bridgehead atoms. The SMILES string of the molecule is Cc1ccc(N(c2ccc(C)c(C)c2)c2ccc3c(c2)C(C)(C)c2cc(N(c4ccc(C)c(C)c4)c4ccc(C)c(C)c4)cc4c2N3c2ccc(N(c3ccc(C)c(C)c3)c3ccc(C)c(C)c3)cc2C4(C)C)cc1C. The molecule has 0 N–H and O–H groups in total. The molecule has 0 amide bonds. The zero-order valence-corrected chi connectivity index (χ0v) is 47.8. The van der Waals surface area contributed by atoms with Gasteiger partial charge in [-0.1, -0.05) is 64.1 Å². The second kappa shape index (κ2) is 18.5. The summed E-state index contributed by atoms with van der Waals surface area (Å²) in [4.78, 5) is 10.0. The van der Waals surface area contributed by atoms with E-state index in [9.17, 15) is 0 Å². The third-order valence-corrected chi connectivity index (χ3v) is 17.7. The van der Waals surface area contributed by atoms with Crippen molar-refractivity contribution in [3.05, 3.63) is 247 Å².